The maximum atomic E-state index is 13.6. The molecule has 6 nitrogen and oxygen atoms in total. The predicted octanol–water partition coefficient (Wildman–Crippen LogP) is 1.16. The number of aliphatic hydroxyl groups excluding tert-OH is 2. The molecule has 0 aromatic carbocycles. The molecule has 2 saturated carbocycles. The monoisotopic (exact) mass is 338 g/mol. The Bertz CT molecular complexity index is 432. The van der Waals surface area contributed by atoms with E-state index in [4.69, 9.17) is 11.6 Å². The summed E-state index contributed by atoms with van der Waals surface area (Å²) in [5.74, 6) is -2.68. The smallest absolute Gasteiger partial charge is 0.310 e. The van der Waals surface area contributed by atoms with Gasteiger partial charge in [0.15, 0.2) is 0 Å². The number of aliphatic carboxylic acids is 2. The summed E-state index contributed by atoms with van der Waals surface area (Å²) in [6.07, 6.45) is -5.04. The molecule has 2 fully saturated rings. The van der Waals surface area contributed by atoms with E-state index in [0.717, 1.165) is 0 Å². The van der Waals surface area contributed by atoms with E-state index in [-0.39, 0.29) is 32.1 Å². The fraction of sp³-hybridized carbons (Fsp3) is 0.857. The molecule has 8 heteroatoms. The Balaban J connectivity index is 2.48. The summed E-state index contributed by atoms with van der Waals surface area (Å²) in [4.78, 5) is 23.9. The van der Waals surface area contributed by atoms with Gasteiger partial charge >= 0.3 is 11.9 Å². The molecule has 0 aliphatic heterocycles. The molecule has 0 heterocycles. The Labute approximate surface area is 131 Å². The molecule has 126 valence electrons. The van der Waals surface area contributed by atoms with Gasteiger partial charge < -0.3 is 20.4 Å². The van der Waals surface area contributed by atoms with Gasteiger partial charge in [0.1, 0.15) is 6.17 Å². The first-order valence-corrected chi connectivity index (χ1v) is 7.71. The van der Waals surface area contributed by atoms with Crippen LogP contribution in [-0.4, -0.2) is 56.1 Å². The van der Waals surface area contributed by atoms with Crippen molar-refractivity contribution in [2.75, 3.05) is 0 Å². The van der Waals surface area contributed by atoms with Crippen molar-refractivity contribution in [3.63, 3.8) is 0 Å². The van der Waals surface area contributed by atoms with E-state index in [0.29, 0.717) is 0 Å². The summed E-state index contributed by atoms with van der Waals surface area (Å²) in [5.41, 5.74) is -3.50. The van der Waals surface area contributed by atoms with E-state index in [1.165, 1.54) is 0 Å². The Morgan fingerprint density at radius 3 is 1.91 bits per heavy atom. The van der Waals surface area contributed by atoms with Gasteiger partial charge in [0, 0.05) is 0 Å². The minimum Gasteiger partial charge on any atom is -0.481 e. The normalized spacial score (nSPS) is 46.2. The SMILES string of the molecule is O=C(O)C1(C2(C(=O)O)CCC(O)C(Cl)C2)CCC(F)C(O)C1. The quantitative estimate of drug-likeness (QED) is 0.574. The molecular weight excluding hydrogens is 319 g/mol. The fourth-order valence-corrected chi connectivity index (χ4v) is 4.37. The van der Waals surface area contributed by atoms with Crippen molar-refractivity contribution in [2.45, 2.75) is 62.3 Å². The van der Waals surface area contributed by atoms with E-state index in [1.54, 1.807) is 0 Å². The lowest BCUT2D eigenvalue weighted by atomic mass is 9.51. The van der Waals surface area contributed by atoms with Gasteiger partial charge in [-0.15, -0.1) is 11.6 Å². The van der Waals surface area contributed by atoms with Gasteiger partial charge in [-0.05, 0) is 38.5 Å². The highest BCUT2D eigenvalue weighted by atomic mass is 35.5. The largest absolute Gasteiger partial charge is 0.481 e. The van der Waals surface area contributed by atoms with Gasteiger partial charge in [0.05, 0.1) is 28.4 Å². The molecule has 22 heavy (non-hydrogen) atoms. The number of carboxylic acids is 2. The molecule has 2 aliphatic rings. The van der Waals surface area contributed by atoms with Crippen LogP contribution in [0.3, 0.4) is 0 Å². The van der Waals surface area contributed by atoms with E-state index in [9.17, 15) is 34.4 Å². The third-order valence-corrected chi connectivity index (χ3v) is 5.83. The molecule has 0 aromatic heterocycles. The van der Waals surface area contributed by atoms with E-state index >= 15 is 0 Å². The second-order valence-corrected chi connectivity index (χ2v) is 6.99. The Kier molecular flexibility index (Phi) is 4.71. The number of hydrogen-bond acceptors (Lipinski definition) is 4. The zero-order valence-corrected chi connectivity index (χ0v) is 12.7. The minimum atomic E-state index is -1.78. The van der Waals surface area contributed by atoms with Crippen LogP contribution in [0.2, 0.25) is 0 Å². The molecule has 0 aromatic rings. The summed E-state index contributed by atoms with van der Waals surface area (Å²) in [6, 6.07) is 0. The Morgan fingerprint density at radius 1 is 0.955 bits per heavy atom. The summed E-state index contributed by atoms with van der Waals surface area (Å²) in [6.45, 7) is 0. The highest BCUT2D eigenvalue weighted by molar-refractivity contribution is 6.21. The first-order valence-electron chi connectivity index (χ1n) is 7.27. The minimum absolute atomic E-state index is 0.0602. The standard InChI is InChI=1S/C14H20ClFO6/c15-7-5-13(11(19)20,4-2-9(7)17)14(12(21)22)3-1-8(16)10(18)6-14/h7-10,17-18H,1-6H2,(H,19,20)(H,21,22). The molecule has 0 amide bonds. The number of carbonyl (C=O) groups is 2. The maximum Gasteiger partial charge on any atom is 0.310 e. The summed E-state index contributed by atoms with van der Waals surface area (Å²) in [7, 11) is 0. The van der Waals surface area contributed by atoms with Crippen LogP contribution in [0.5, 0.6) is 0 Å². The molecular formula is C14H20ClFO6. The van der Waals surface area contributed by atoms with Crippen LogP contribution in [-0.2, 0) is 9.59 Å². The predicted molar refractivity (Wildman–Crippen MR) is 74.4 cm³/mol. The lowest BCUT2D eigenvalue weighted by molar-refractivity contribution is -0.190. The zero-order chi connectivity index (χ0) is 16.7. The van der Waals surface area contributed by atoms with Crippen LogP contribution >= 0.6 is 11.6 Å². The van der Waals surface area contributed by atoms with Gasteiger partial charge in [0.25, 0.3) is 0 Å². The summed E-state index contributed by atoms with van der Waals surface area (Å²) >= 11 is 6.00. The molecule has 2 rings (SSSR count). The zero-order valence-electron chi connectivity index (χ0n) is 11.9. The van der Waals surface area contributed by atoms with E-state index < -0.39 is 52.9 Å². The average Bonchev–Trinajstić information content (AvgIpc) is 2.44. The highest BCUT2D eigenvalue weighted by Crippen LogP contribution is 2.58. The lowest BCUT2D eigenvalue weighted by Crippen LogP contribution is -2.60. The molecule has 0 bridgehead atoms. The molecule has 0 spiro atoms. The van der Waals surface area contributed by atoms with Gasteiger partial charge in [-0.25, -0.2) is 4.39 Å². The number of alkyl halides is 2. The Hall–Kier alpha value is -0.920. The second kappa shape index (κ2) is 5.94. The first kappa shape index (κ1) is 17.4. The number of carboxylic acid groups (broad SMARTS) is 2. The van der Waals surface area contributed by atoms with Crippen molar-refractivity contribution in [2.24, 2.45) is 10.8 Å². The van der Waals surface area contributed by atoms with Crippen LogP contribution in [0.15, 0.2) is 0 Å². The third-order valence-electron chi connectivity index (χ3n) is 5.38. The molecule has 4 N–H and O–H groups in total. The van der Waals surface area contributed by atoms with E-state index in [1.807, 2.05) is 0 Å². The molecule has 2 aliphatic carbocycles. The highest BCUT2D eigenvalue weighted by Gasteiger charge is 2.65. The molecule has 6 atom stereocenters. The topological polar surface area (TPSA) is 115 Å². The van der Waals surface area contributed by atoms with Crippen LogP contribution < -0.4 is 0 Å². The van der Waals surface area contributed by atoms with E-state index in [2.05, 4.69) is 0 Å². The van der Waals surface area contributed by atoms with Gasteiger partial charge in [-0.1, -0.05) is 0 Å². The molecule has 0 saturated heterocycles. The molecule has 0 radical (unpaired) electrons. The fourth-order valence-electron chi connectivity index (χ4n) is 3.98. The Morgan fingerprint density at radius 2 is 1.45 bits per heavy atom. The average molecular weight is 339 g/mol. The first-order chi connectivity index (χ1) is 10.2. The van der Waals surface area contributed by atoms with Gasteiger partial charge in [-0.2, -0.15) is 0 Å². The van der Waals surface area contributed by atoms with Crippen molar-refractivity contribution in [1.29, 1.82) is 0 Å². The summed E-state index contributed by atoms with van der Waals surface area (Å²) < 4.78 is 13.6. The van der Waals surface area contributed by atoms with Crippen LogP contribution in [0.4, 0.5) is 4.39 Å². The number of hydrogen-bond donors (Lipinski definition) is 4. The van der Waals surface area contributed by atoms with Gasteiger partial charge in [0.2, 0.25) is 0 Å². The molecule has 6 unspecified atom stereocenters. The van der Waals surface area contributed by atoms with Crippen LogP contribution in [0.1, 0.15) is 38.5 Å². The lowest BCUT2D eigenvalue weighted by Gasteiger charge is -2.52. The number of rotatable bonds is 3. The van der Waals surface area contributed by atoms with Crippen molar-refractivity contribution in [3.8, 4) is 0 Å². The second-order valence-electron chi connectivity index (χ2n) is 6.43. The third kappa shape index (κ3) is 2.49. The van der Waals surface area contributed by atoms with Crippen molar-refractivity contribution >= 4 is 23.5 Å². The maximum absolute atomic E-state index is 13.6. The van der Waals surface area contributed by atoms with Crippen LogP contribution in [0.25, 0.3) is 0 Å². The number of halogens is 2. The summed E-state index contributed by atoms with van der Waals surface area (Å²) in [5, 5.41) is 38.1. The van der Waals surface area contributed by atoms with Gasteiger partial charge in [-0.3, -0.25) is 9.59 Å². The van der Waals surface area contributed by atoms with Crippen molar-refractivity contribution < 1.29 is 34.4 Å². The van der Waals surface area contributed by atoms with Crippen molar-refractivity contribution in [3.05, 3.63) is 0 Å². The van der Waals surface area contributed by atoms with Crippen molar-refractivity contribution in [1.82, 2.24) is 0 Å². The number of aliphatic hydroxyl groups is 2. The van der Waals surface area contributed by atoms with Crippen LogP contribution in [0, 0.1) is 10.8 Å².